The molecule has 0 spiro atoms. The summed E-state index contributed by atoms with van der Waals surface area (Å²) in [5.74, 6) is 1.37. The molecule has 3 aromatic rings. The first-order valence-corrected chi connectivity index (χ1v) is 13.3. The van der Waals surface area contributed by atoms with Crippen molar-refractivity contribution in [2.24, 2.45) is 0 Å². The number of rotatable bonds is 15. The first kappa shape index (κ1) is 28.8. The normalized spacial score (nSPS) is 22.8. The molecule has 39 heavy (non-hydrogen) atoms. The standard InChI is InChI=1S/C32H38O7/c1-3-4-11-20-35-32-31(38-22-25-14-9-6-10-15-25)30(37-21-24-12-7-5-8-13-24)29(33)28(39-32)23-36-27-18-16-26(34-2)17-19-27/h3,5-10,12-19,28-33H,1,4,11,20-23H2,2H3/t28-,29+,30+,31-,32-/m1/s1. The Labute approximate surface area is 230 Å². The van der Waals surface area contributed by atoms with Crippen molar-refractivity contribution in [3.8, 4) is 11.5 Å². The number of aliphatic hydroxyl groups is 1. The molecule has 0 amide bonds. The van der Waals surface area contributed by atoms with Crippen LogP contribution >= 0.6 is 0 Å². The minimum Gasteiger partial charge on any atom is -0.497 e. The van der Waals surface area contributed by atoms with Crippen LogP contribution in [0.3, 0.4) is 0 Å². The summed E-state index contributed by atoms with van der Waals surface area (Å²) in [6.45, 7) is 4.98. The third kappa shape index (κ3) is 8.65. The average molecular weight is 535 g/mol. The molecule has 3 aromatic carbocycles. The predicted molar refractivity (Wildman–Crippen MR) is 149 cm³/mol. The van der Waals surface area contributed by atoms with Crippen LogP contribution in [0.5, 0.6) is 11.5 Å². The topological polar surface area (TPSA) is 75.6 Å². The van der Waals surface area contributed by atoms with Gasteiger partial charge in [0.1, 0.15) is 42.5 Å². The highest BCUT2D eigenvalue weighted by Crippen LogP contribution is 2.29. The minimum atomic E-state index is -1.01. The fourth-order valence-electron chi connectivity index (χ4n) is 4.34. The van der Waals surface area contributed by atoms with Gasteiger partial charge < -0.3 is 33.5 Å². The lowest BCUT2D eigenvalue weighted by atomic mass is 9.98. The summed E-state index contributed by atoms with van der Waals surface area (Å²) in [6.07, 6.45) is -0.374. The minimum absolute atomic E-state index is 0.108. The zero-order chi connectivity index (χ0) is 27.3. The summed E-state index contributed by atoms with van der Waals surface area (Å²) in [6, 6.07) is 27.0. The van der Waals surface area contributed by atoms with E-state index in [2.05, 4.69) is 6.58 Å². The molecule has 5 atom stereocenters. The van der Waals surface area contributed by atoms with Crippen LogP contribution in [0.15, 0.2) is 97.6 Å². The second-order valence-electron chi connectivity index (χ2n) is 9.34. The summed E-state index contributed by atoms with van der Waals surface area (Å²) >= 11 is 0. The third-order valence-electron chi connectivity index (χ3n) is 6.50. The largest absolute Gasteiger partial charge is 0.497 e. The SMILES string of the molecule is C=CCCCO[C@@H]1O[C@H](COc2ccc(OC)cc2)[C@H](O)[C@H](OCc2ccccc2)[C@H]1OCc1ccccc1. The Bertz CT molecular complexity index is 1090. The zero-order valence-electron chi connectivity index (χ0n) is 22.4. The third-order valence-corrected chi connectivity index (χ3v) is 6.50. The quantitative estimate of drug-likeness (QED) is 0.209. The Morgan fingerprint density at radius 2 is 1.38 bits per heavy atom. The summed E-state index contributed by atoms with van der Waals surface area (Å²) < 4.78 is 36.3. The molecule has 1 aliphatic heterocycles. The van der Waals surface area contributed by atoms with Gasteiger partial charge in [-0.25, -0.2) is 0 Å². The summed E-state index contributed by atoms with van der Waals surface area (Å²) in [5.41, 5.74) is 2.00. The Kier molecular flexibility index (Phi) is 11.4. The molecule has 1 saturated heterocycles. The molecule has 1 aliphatic rings. The van der Waals surface area contributed by atoms with Gasteiger partial charge in [-0.3, -0.25) is 0 Å². The Morgan fingerprint density at radius 1 is 0.795 bits per heavy atom. The summed E-state index contributed by atoms with van der Waals surface area (Å²) in [5, 5.41) is 11.5. The van der Waals surface area contributed by atoms with Gasteiger partial charge in [0, 0.05) is 0 Å². The first-order chi connectivity index (χ1) is 19.2. The van der Waals surface area contributed by atoms with E-state index in [9.17, 15) is 5.11 Å². The van der Waals surface area contributed by atoms with Crippen LogP contribution < -0.4 is 9.47 Å². The molecule has 7 heteroatoms. The smallest absolute Gasteiger partial charge is 0.186 e. The lowest BCUT2D eigenvalue weighted by molar-refractivity contribution is -0.318. The molecule has 4 rings (SSSR count). The molecule has 7 nitrogen and oxygen atoms in total. The van der Waals surface area contributed by atoms with Crippen molar-refractivity contribution >= 4 is 0 Å². The fourth-order valence-corrected chi connectivity index (χ4v) is 4.34. The van der Waals surface area contributed by atoms with Crippen molar-refractivity contribution in [1.29, 1.82) is 0 Å². The van der Waals surface area contributed by atoms with Crippen LogP contribution in [0.25, 0.3) is 0 Å². The molecule has 0 radical (unpaired) electrons. The van der Waals surface area contributed by atoms with Gasteiger partial charge in [0.2, 0.25) is 0 Å². The Balaban J connectivity index is 1.51. The van der Waals surface area contributed by atoms with E-state index >= 15 is 0 Å². The van der Waals surface area contributed by atoms with E-state index in [-0.39, 0.29) is 6.61 Å². The van der Waals surface area contributed by atoms with Crippen LogP contribution in [0.4, 0.5) is 0 Å². The number of benzene rings is 3. The maximum atomic E-state index is 11.5. The van der Waals surface area contributed by atoms with Crippen LogP contribution in [0.1, 0.15) is 24.0 Å². The van der Waals surface area contributed by atoms with E-state index in [0.29, 0.717) is 25.6 Å². The highest BCUT2D eigenvalue weighted by molar-refractivity contribution is 5.31. The van der Waals surface area contributed by atoms with Gasteiger partial charge in [-0.05, 0) is 48.2 Å². The lowest BCUT2D eigenvalue weighted by Gasteiger charge is -2.44. The number of aliphatic hydroxyl groups excluding tert-OH is 1. The van der Waals surface area contributed by atoms with Gasteiger partial charge in [0.15, 0.2) is 6.29 Å². The van der Waals surface area contributed by atoms with Gasteiger partial charge >= 0.3 is 0 Å². The molecule has 0 bridgehead atoms. The molecule has 0 unspecified atom stereocenters. The Hall–Kier alpha value is -3.20. The molecule has 0 saturated carbocycles. The number of ether oxygens (including phenoxy) is 6. The van der Waals surface area contributed by atoms with E-state index < -0.39 is 30.7 Å². The maximum absolute atomic E-state index is 11.5. The number of unbranched alkanes of at least 4 members (excludes halogenated alkanes) is 1. The summed E-state index contributed by atoms with van der Waals surface area (Å²) in [4.78, 5) is 0. The van der Waals surface area contributed by atoms with Gasteiger partial charge in [0.25, 0.3) is 0 Å². The van der Waals surface area contributed by atoms with Crippen molar-refractivity contribution in [1.82, 2.24) is 0 Å². The van der Waals surface area contributed by atoms with E-state index in [4.69, 9.17) is 28.4 Å². The van der Waals surface area contributed by atoms with E-state index in [1.807, 2.05) is 91.0 Å². The predicted octanol–water partition coefficient (Wildman–Crippen LogP) is 5.31. The molecule has 1 fully saturated rings. The fraction of sp³-hybridized carbons (Fsp3) is 0.375. The monoisotopic (exact) mass is 534 g/mol. The number of allylic oxidation sites excluding steroid dienone is 1. The molecule has 1 N–H and O–H groups in total. The zero-order valence-corrected chi connectivity index (χ0v) is 22.4. The maximum Gasteiger partial charge on any atom is 0.186 e. The van der Waals surface area contributed by atoms with Crippen molar-refractivity contribution < 1.29 is 33.5 Å². The highest BCUT2D eigenvalue weighted by atomic mass is 16.7. The van der Waals surface area contributed by atoms with E-state index in [0.717, 1.165) is 29.7 Å². The highest BCUT2D eigenvalue weighted by Gasteiger charge is 2.47. The van der Waals surface area contributed by atoms with Crippen molar-refractivity contribution in [2.75, 3.05) is 20.3 Å². The molecule has 1 heterocycles. The summed E-state index contributed by atoms with van der Waals surface area (Å²) in [7, 11) is 1.61. The van der Waals surface area contributed by atoms with Crippen LogP contribution in [0.2, 0.25) is 0 Å². The lowest BCUT2D eigenvalue weighted by Crippen LogP contribution is -2.61. The molecule has 0 aliphatic carbocycles. The van der Waals surface area contributed by atoms with Gasteiger partial charge in [-0.2, -0.15) is 0 Å². The van der Waals surface area contributed by atoms with Gasteiger partial charge in [-0.15, -0.1) is 6.58 Å². The van der Waals surface area contributed by atoms with Gasteiger partial charge in [-0.1, -0.05) is 66.7 Å². The second kappa shape index (κ2) is 15.4. The molecule has 208 valence electrons. The van der Waals surface area contributed by atoms with E-state index in [1.165, 1.54) is 0 Å². The van der Waals surface area contributed by atoms with Crippen LogP contribution in [0, 0.1) is 0 Å². The number of methoxy groups -OCH3 is 1. The molecular formula is C32H38O7. The van der Waals surface area contributed by atoms with Crippen molar-refractivity contribution in [3.05, 3.63) is 109 Å². The molecular weight excluding hydrogens is 496 g/mol. The average Bonchev–Trinajstić information content (AvgIpc) is 2.99. The number of hydrogen-bond acceptors (Lipinski definition) is 7. The van der Waals surface area contributed by atoms with Gasteiger partial charge in [0.05, 0.1) is 26.9 Å². The first-order valence-electron chi connectivity index (χ1n) is 13.3. The molecule has 0 aromatic heterocycles. The van der Waals surface area contributed by atoms with E-state index in [1.54, 1.807) is 7.11 Å². The van der Waals surface area contributed by atoms with Crippen LogP contribution in [-0.2, 0) is 32.2 Å². The Morgan fingerprint density at radius 3 is 1.97 bits per heavy atom. The van der Waals surface area contributed by atoms with Crippen LogP contribution in [-0.4, -0.2) is 56.1 Å². The van der Waals surface area contributed by atoms with Crippen molar-refractivity contribution in [3.63, 3.8) is 0 Å². The van der Waals surface area contributed by atoms with Crippen molar-refractivity contribution in [2.45, 2.75) is 56.8 Å². The number of hydrogen-bond donors (Lipinski definition) is 1. The second-order valence-corrected chi connectivity index (χ2v) is 9.34.